The SMILES string of the molecule is CC/C=C\C/C=C\C/C=C\C/C=C\CCCCCCCCCCCCC(=O)OC(/C=C\CCCCCCCC)CCCCCCCCC(=O)NCC(=O)O. The van der Waals surface area contributed by atoms with Crippen LogP contribution in [0.5, 0.6) is 0 Å². The van der Waals surface area contributed by atoms with Gasteiger partial charge in [-0.1, -0.05) is 178 Å². The molecular weight excluding hydrogens is 671 g/mol. The molecule has 2 N–H and O–H groups in total. The minimum absolute atomic E-state index is 0.0596. The van der Waals surface area contributed by atoms with Crippen LogP contribution in [0.15, 0.2) is 60.8 Å². The van der Waals surface area contributed by atoms with Gasteiger partial charge in [0, 0.05) is 12.8 Å². The molecule has 54 heavy (non-hydrogen) atoms. The standard InChI is InChI=1S/C48H83NO5/c1-3-5-7-9-11-13-14-15-16-17-18-19-20-21-22-23-24-25-26-27-29-35-39-43-48(53)54-45(40-36-32-28-12-10-8-6-4-2)41-37-33-30-31-34-38-42-46(50)49-44-47(51)52/h5,7,11,13,15-16,18-19,36,40,45H,3-4,6,8-10,12,14,17,20-35,37-39,41-44H2,1-2H3,(H,49,50)(H,51,52)/b7-5-,13-11-,16-15-,19-18-,40-36-. The van der Waals surface area contributed by atoms with Gasteiger partial charge in [-0.2, -0.15) is 0 Å². The Kier molecular flexibility index (Phi) is 40.6. The summed E-state index contributed by atoms with van der Waals surface area (Å²) in [6.45, 7) is 4.10. The number of ether oxygens (including phenoxy) is 1. The van der Waals surface area contributed by atoms with Gasteiger partial charge in [-0.25, -0.2) is 0 Å². The number of nitrogens with one attached hydrogen (secondary N) is 1. The molecule has 0 aromatic rings. The van der Waals surface area contributed by atoms with Crippen molar-refractivity contribution < 1.29 is 24.2 Å². The van der Waals surface area contributed by atoms with Gasteiger partial charge in [0.05, 0.1) is 0 Å². The first kappa shape index (κ1) is 51.1. The maximum Gasteiger partial charge on any atom is 0.322 e. The largest absolute Gasteiger partial charge is 0.480 e. The molecule has 0 aliphatic rings. The lowest BCUT2D eigenvalue weighted by Crippen LogP contribution is -2.28. The Morgan fingerprint density at radius 1 is 0.519 bits per heavy atom. The summed E-state index contributed by atoms with van der Waals surface area (Å²) >= 11 is 0. The van der Waals surface area contributed by atoms with Crippen LogP contribution in [0.1, 0.15) is 213 Å². The van der Waals surface area contributed by atoms with Crippen LogP contribution in [0.4, 0.5) is 0 Å². The van der Waals surface area contributed by atoms with Gasteiger partial charge in [0.15, 0.2) is 0 Å². The van der Waals surface area contributed by atoms with Gasteiger partial charge in [0.1, 0.15) is 12.6 Å². The van der Waals surface area contributed by atoms with Crippen LogP contribution >= 0.6 is 0 Å². The maximum absolute atomic E-state index is 12.7. The number of amides is 1. The summed E-state index contributed by atoms with van der Waals surface area (Å²) in [5, 5.41) is 11.1. The van der Waals surface area contributed by atoms with Gasteiger partial charge in [-0.3, -0.25) is 14.4 Å². The molecule has 310 valence electrons. The van der Waals surface area contributed by atoms with Crippen molar-refractivity contribution in [1.29, 1.82) is 0 Å². The summed E-state index contributed by atoms with van der Waals surface area (Å²) in [5.74, 6) is -1.27. The third-order valence-corrected chi connectivity index (χ3v) is 9.66. The average Bonchev–Trinajstić information content (AvgIpc) is 3.16. The average molecular weight is 754 g/mol. The number of rotatable bonds is 40. The van der Waals surface area contributed by atoms with Crippen LogP contribution in [-0.4, -0.2) is 35.6 Å². The topological polar surface area (TPSA) is 92.7 Å². The molecule has 0 saturated heterocycles. The first-order valence-corrected chi connectivity index (χ1v) is 22.4. The zero-order chi connectivity index (χ0) is 39.4. The van der Waals surface area contributed by atoms with E-state index in [9.17, 15) is 14.4 Å². The summed E-state index contributed by atoms with van der Waals surface area (Å²) in [6, 6.07) is 0. The van der Waals surface area contributed by atoms with Gasteiger partial charge in [0.25, 0.3) is 0 Å². The quantitative estimate of drug-likeness (QED) is 0.0369. The number of aliphatic carboxylic acids is 1. The molecule has 1 amide bonds. The minimum Gasteiger partial charge on any atom is -0.480 e. The lowest BCUT2D eigenvalue weighted by Gasteiger charge is -2.15. The molecule has 0 aliphatic heterocycles. The highest BCUT2D eigenvalue weighted by atomic mass is 16.5. The zero-order valence-electron chi connectivity index (χ0n) is 35.1. The van der Waals surface area contributed by atoms with Crippen molar-refractivity contribution in [2.75, 3.05) is 6.54 Å². The van der Waals surface area contributed by atoms with E-state index in [4.69, 9.17) is 9.84 Å². The smallest absolute Gasteiger partial charge is 0.322 e. The maximum atomic E-state index is 12.7. The number of esters is 1. The summed E-state index contributed by atoms with van der Waals surface area (Å²) in [4.78, 5) is 34.9. The number of carboxylic acids is 1. The van der Waals surface area contributed by atoms with Crippen LogP contribution in [0.3, 0.4) is 0 Å². The summed E-state index contributed by atoms with van der Waals surface area (Å²) in [6.07, 6.45) is 56.6. The van der Waals surface area contributed by atoms with Crippen molar-refractivity contribution in [2.45, 2.75) is 219 Å². The summed E-state index contributed by atoms with van der Waals surface area (Å²) < 4.78 is 5.95. The summed E-state index contributed by atoms with van der Waals surface area (Å²) in [5.41, 5.74) is 0. The lowest BCUT2D eigenvalue weighted by molar-refractivity contribution is -0.147. The molecule has 0 bridgehead atoms. The van der Waals surface area contributed by atoms with E-state index >= 15 is 0 Å². The normalized spacial score (nSPS) is 12.6. The molecule has 6 nitrogen and oxygen atoms in total. The second kappa shape index (κ2) is 42.8. The number of hydrogen-bond acceptors (Lipinski definition) is 4. The zero-order valence-corrected chi connectivity index (χ0v) is 35.1. The molecule has 0 heterocycles. The molecule has 0 fully saturated rings. The molecule has 1 unspecified atom stereocenters. The Morgan fingerprint density at radius 3 is 1.50 bits per heavy atom. The number of unbranched alkanes of at least 4 members (excludes halogenated alkanes) is 21. The second-order valence-electron chi connectivity index (χ2n) is 14.9. The predicted molar refractivity (Wildman–Crippen MR) is 231 cm³/mol. The number of carboxylic acid groups (broad SMARTS) is 1. The van der Waals surface area contributed by atoms with Crippen LogP contribution in [0, 0.1) is 0 Å². The molecule has 0 aliphatic carbocycles. The van der Waals surface area contributed by atoms with Crippen LogP contribution in [0.25, 0.3) is 0 Å². The molecule has 1 atom stereocenters. The van der Waals surface area contributed by atoms with Crippen LogP contribution in [-0.2, 0) is 19.1 Å². The Bertz CT molecular complexity index is 1010. The lowest BCUT2D eigenvalue weighted by atomic mass is 10.0. The van der Waals surface area contributed by atoms with Gasteiger partial charge in [-0.15, -0.1) is 0 Å². The minimum atomic E-state index is -1.02. The number of carbonyl (C=O) groups is 3. The number of carbonyl (C=O) groups excluding carboxylic acids is 2. The molecule has 0 aromatic heterocycles. The summed E-state index contributed by atoms with van der Waals surface area (Å²) in [7, 11) is 0. The highest BCUT2D eigenvalue weighted by Crippen LogP contribution is 2.16. The second-order valence-corrected chi connectivity index (χ2v) is 14.9. The molecule has 0 aromatic carbocycles. The van der Waals surface area contributed by atoms with Crippen molar-refractivity contribution in [3.8, 4) is 0 Å². The van der Waals surface area contributed by atoms with Crippen molar-refractivity contribution >= 4 is 17.8 Å². The van der Waals surface area contributed by atoms with E-state index in [2.05, 4.69) is 79.9 Å². The van der Waals surface area contributed by atoms with E-state index in [1.807, 2.05) is 0 Å². The third kappa shape index (κ3) is 41.9. The molecule has 0 radical (unpaired) electrons. The van der Waals surface area contributed by atoms with E-state index in [-0.39, 0.29) is 24.5 Å². The van der Waals surface area contributed by atoms with Gasteiger partial charge in [0.2, 0.25) is 5.91 Å². The van der Waals surface area contributed by atoms with Gasteiger partial charge >= 0.3 is 11.9 Å². The number of allylic oxidation sites excluding steroid dienone is 9. The molecular formula is C48H83NO5. The van der Waals surface area contributed by atoms with Crippen molar-refractivity contribution in [3.63, 3.8) is 0 Å². The van der Waals surface area contributed by atoms with Crippen molar-refractivity contribution in [3.05, 3.63) is 60.8 Å². The highest BCUT2D eigenvalue weighted by molar-refractivity contribution is 5.80. The van der Waals surface area contributed by atoms with E-state index in [0.717, 1.165) is 89.9 Å². The fourth-order valence-electron chi connectivity index (χ4n) is 6.36. The van der Waals surface area contributed by atoms with Crippen LogP contribution in [0.2, 0.25) is 0 Å². The first-order chi connectivity index (χ1) is 26.5. The monoisotopic (exact) mass is 754 g/mol. The molecule has 0 spiro atoms. The third-order valence-electron chi connectivity index (χ3n) is 9.66. The van der Waals surface area contributed by atoms with E-state index in [0.29, 0.717) is 12.8 Å². The Labute approximate surface area is 332 Å². The predicted octanol–water partition coefficient (Wildman–Crippen LogP) is 14.0. The van der Waals surface area contributed by atoms with Crippen LogP contribution < -0.4 is 5.32 Å². The van der Waals surface area contributed by atoms with Crippen molar-refractivity contribution in [2.24, 2.45) is 0 Å². The van der Waals surface area contributed by atoms with Gasteiger partial charge in [-0.05, 0) is 83.1 Å². The van der Waals surface area contributed by atoms with Gasteiger partial charge < -0.3 is 15.2 Å². The Hall–Kier alpha value is -2.89. The Balaban J connectivity index is 4.01. The van der Waals surface area contributed by atoms with E-state index in [1.54, 1.807) is 0 Å². The highest BCUT2D eigenvalue weighted by Gasteiger charge is 2.12. The first-order valence-electron chi connectivity index (χ1n) is 22.4. The molecule has 0 saturated carbocycles. The Morgan fingerprint density at radius 2 is 0.963 bits per heavy atom. The fraction of sp³-hybridized carbons (Fsp3) is 0.729. The van der Waals surface area contributed by atoms with E-state index < -0.39 is 5.97 Å². The molecule has 6 heteroatoms. The number of hydrogen-bond donors (Lipinski definition) is 2. The van der Waals surface area contributed by atoms with E-state index in [1.165, 1.54) is 96.3 Å². The fourth-order valence-corrected chi connectivity index (χ4v) is 6.36. The molecule has 0 rings (SSSR count). The van der Waals surface area contributed by atoms with Crippen molar-refractivity contribution in [1.82, 2.24) is 5.32 Å².